The van der Waals surface area contributed by atoms with Gasteiger partial charge in [-0.1, -0.05) is 12.1 Å². The molecule has 2 heterocycles. The maximum absolute atomic E-state index is 12.4. The van der Waals surface area contributed by atoms with Crippen LogP contribution in [0.25, 0.3) is 5.69 Å². The smallest absolute Gasteiger partial charge is 0.255 e. The molecule has 1 N–H and O–H groups in total. The average Bonchev–Trinajstić information content (AvgIpc) is 3.34. The second-order valence-corrected chi connectivity index (χ2v) is 6.26. The van der Waals surface area contributed by atoms with E-state index in [9.17, 15) is 4.79 Å². The Labute approximate surface area is 172 Å². The summed E-state index contributed by atoms with van der Waals surface area (Å²) in [5.41, 5.74) is 2.67. The number of carbonyl (C=O) groups excluding carboxylic acids is 1. The van der Waals surface area contributed by atoms with E-state index in [1.165, 1.54) is 11.0 Å². The van der Waals surface area contributed by atoms with Crippen molar-refractivity contribution in [2.24, 2.45) is 0 Å². The Morgan fingerprint density at radius 1 is 1.07 bits per heavy atom. The minimum atomic E-state index is -0.244. The van der Waals surface area contributed by atoms with Gasteiger partial charge in [-0.05, 0) is 58.5 Å². The van der Waals surface area contributed by atoms with E-state index in [0.29, 0.717) is 29.3 Å². The molecule has 0 bridgehead atoms. The van der Waals surface area contributed by atoms with Crippen molar-refractivity contribution < 1.29 is 14.3 Å². The summed E-state index contributed by atoms with van der Waals surface area (Å²) in [7, 11) is 1.62. The topological polar surface area (TPSA) is 104 Å². The molecular weight excluding hydrogens is 384 g/mol. The van der Waals surface area contributed by atoms with E-state index < -0.39 is 0 Å². The summed E-state index contributed by atoms with van der Waals surface area (Å²) in [6.07, 6.45) is 4.60. The van der Waals surface area contributed by atoms with Gasteiger partial charge in [-0.2, -0.15) is 4.68 Å². The predicted molar refractivity (Wildman–Crippen MR) is 109 cm³/mol. The third-order valence-electron chi connectivity index (χ3n) is 4.31. The molecule has 0 aliphatic rings. The summed E-state index contributed by atoms with van der Waals surface area (Å²) in [4.78, 5) is 16.4. The molecule has 0 atom stereocenters. The number of hydrogen-bond donors (Lipinski definition) is 1. The number of rotatable bonds is 7. The maximum atomic E-state index is 12.4. The zero-order valence-corrected chi connectivity index (χ0v) is 16.1. The Balaban J connectivity index is 1.55. The summed E-state index contributed by atoms with van der Waals surface area (Å²) in [6.45, 7) is 0.349. The lowest BCUT2D eigenvalue weighted by molar-refractivity contribution is 0.102. The number of methoxy groups -OCH3 is 1. The fourth-order valence-corrected chi connectivity index (χ4v) is 2.76. The molecule has 30 heavy (non-hydrogen) atoms. The van der Waals surface area contributed by atoms with Gasteiger partial charge in [-0.25, -0.2) is 0 Å². The Hall–Kier alpha value is -4.27. The molecule has 0 aliphatic heterocycles. The fraction of sp³-hybridized carbons (Fsp3) is 0.0952. The number of carbonyl (C=O) groups is 1. The van der Waals surface area contributed by atoms with Crippen molar-refractivity contribution in [1.82, 2.24) is 25.2 Å². The van der Waals surface area contributed by atoms with Gasteiger partial charge in [0.2, 0.25) is 0 Å². The highest BCUT2D eigenvalue weighted by atomic mass is 16.5. The number of nitrogens with one attached hydrogen (secondary N) is 1. The Morgan fingerprint density at radius 2 is 1.87 bits per heavy atom. The van der Waals surface area contributed by atoms with Crippen LogP contribution in [0, 0.1) is 0 Å². The number of pyridine rings is 1. The van der Waals surface area contributed by atoms with Crippen LogP contribution in [0.15, 0.2) is 73.3 Å². The molecule has 150 valence electrons. The predicted octanol–water partition coefficient (Wildman–Crippen LogP) is 2.90. The number of tetrazole rings is 1. The highest BCUT2D eigenvalue weighted by Crippen LogP contribution is 2.27. The molecule has 0 spiro atoms. The van der Waals surface area contributed by atoms with Crippen LogP contribution >= 0.6 is 0 Å². The van der Waals surface area contributed by atoms with Gasteiger partial charge in [0.05, 0.1) is 7.11 Å². The Morgan fingerprint density at radius 3 is 2.57 bits per heavy atom. The van der Waals surface area contributed by atoms with E-state index >= 15 is 0 Å². The second kappa shape index (κ2) is 8.82. The number of anilines is 1. The van der Waals surface area contributed by atoms with Crippen molar-refractivity contribution in [2.75, 3.05) is 12.4 Å². The van der Waals surface area contributed by atoms with Crippen LogP contribution in [0.5, 0.6) is 11.5 Å². The van der Waals surface area contributed by atoms with E-state index in [-0.39, 0.29) is 5.91 Å². The van der Waals surface area contributed by atoms with E-state index in [1.54, 1.807) is 49.8 Å². The van der Waals surface area contributed by atoms with Crippen LogP contribution in [0.1, 0.15) is 15.9 Å². The normalized spacial score (nSPS) is 10.4. The van der Waals surface area contributed by atoms with Crippen LogP contribution in [0.2, 0.25) is 0 Å². The van der Waals surface area contributed by atoms with Crippen LogP contribution in [-0.4, -0.2) is 38.2 Å². The monoisotopic (exact) mass is 402 g/mol. The maximum Gasteiger partial charge on any atom is 0.255 e. The molecule has 0 fully saturated rings. The number of aromatic nitrogens is 5. The number of hydrogen-bond acceptors (Lipinski definition) is 7. The summed E-state index contributed by atoms with van der Waals surface area (Å²) < 4.78 is 12.6. The third kappa shape index (κ3) is 4.41. The van der Waals surface area contributed by atoms with E-state index in [2.05, 4.69) is 25.8 Å². The standard InChI is InChI=1S/C21H18N6O3/c1-29-18-5-2-15(3-6-18)13-30-20-7-4-17(12-19(20)27-14-23-25-26-27)24-21(28)16-8-10-22-11-9-16/h2-12,14H,13H2,1H3,(H,24,28). The van der Waals surface area contributed by atoms with Gasteiger partial charge in [0.25, 0.3) is 5.91 Å². The first-order valence-corrected chi connectivity index (χ1v) is 9.07. The Kier molecular flexibility index (Phi) is 5.61. The van der Waals surface area contributed by atoms with Gasteiger partial charge >= 0.3 is 0 Å². The number of ether oxygens (including phenoxy) is 2. The summed E-state index contributed by atoms with van der Waals surface area (Å²) in [5, 5.41) is 14.2. The molecule has 1 amide bonds. The zero-order valence-electron chi connectivity index (χ0n) is 16.1. The molecule has 9 heteroatoms. The quantitative estimate of drug-likeness (QED) is 0.507. The molecule has 4 aromatic rings. The molecule has 4 rings (SSSR count). The first-order valence-electron chi connectivity index (χ1n) is 9.07. The van der Waals surface area contributed by atoms with Crippen LogP contribution in [0.4, 0.5) is 5.69 Å². The van der Waals surface area contributed by atoms with Gasteiger partial charge in [-0.3, -0.25) is 9.78 Å². The van der Waals surface area contributed by atoms with Crippen molar-refractivity contribution in [1.29, 1.82) is 0 Å². The van der Waals surface area contributed by atoms with Crippen molar-refractivity contribution >= 4 is 11.6 Å². The minimum Gasteiger partial charge on any atom is -0.497 e. The highest BCUT2D eigenvalue weighted by Gasteiger charge is 2.12. The van der Waals surface area contributed by atoms with E-state index in [0.717, 1.165) is 11.3 Å². The molecule has 2 aromatic heterocycles. The lowest BCUT2D eigenvalue weighted by Crippen LogP contribution is -2.12. The number of amides is 1. The first-order chi connectivity index (χ1) is 14.7. The van der Waals surface area contributed by atoms with Gasteiger partial charge in [-0.15, -0.1) is 5.10 Å². The van der Waals surface area contributed by atoms with E-state index in [1.807, 2.05) is 24.3 Å². The summed E-state index contributed by atoms with van der Waals surface area (Å²) >= 11 is 0. The third-order valence-corrected chi connectivity index (χ3v) is 4.31. The number of benzene rings is 2. The van der Waals surface area contributed by atoms with Crippen molar-refractivity contribution in [3.63, 3.8) is 0 Å². The summed E-state index contributed by atoms with van der Waals surface area (Å²) in [5.74, 6) is 1.11. The van der Waals surface area contributed by atoms with Gasteiger partial charge in [0, 0.05) is 23.6 Å². The largest absolute Gasteiger partial charge is 0.497 e. The molecule has 0 radical (unpaired) electrons. The summed E-state index contributed by atoms with van der Waals surface area (Å²) in [6, 6.07) is 16.2. The highest BCUT2D eigenvalue weighted by molar-refractivity contribution is 6.04. The Bertz CT molecular complexity index is 1120. The second-order valence-electron chi connectivity index (χ2n) is 6.26. The van der Waals surface area contributed by atoms with Crippen molar-refractivity contribution in [3.05, 3.63) is 84.4 Å². The molecule has 0 saturated heterocycles. The van der Waals surface area contributed by atoms with E-state index in [4.69, 9.17) is 9.47 Å². The molecule has 9 nitrogen and oxygen atoms in total. The molecular formula is C21H18N6O3. The lowest BCUT2D eigenvalue weighted by atomic mass is 10.2. The molecule has 0 unspecified atom stereocenters. The number of nitrogens with zero attached hydrogens (tertiary/aromatic N) is 5. The van der Waals surface area contributed by atoms with Crippen LogP contribution in [0.3, 0.4) is 0 Å². The van der Waals surface area contributed by atoms with Crippen molar-refractivity contribution in [2.45, 2.75) is 6.61 Å². The minimum absolute atomic E-state index is 0.244. The fourth-order valence-electron chi connectivity index (χ4n) is 2.76. The molecule has 2 aromatic carbocycles. The van der Waals surface area contributed by atoms with Crippen molar-refractivity contribution in [3.8, 4) is 17.2 Å². The van der Waals surface area contributed by atoms with Crippen LogP contribution < -0.4 is 14.8 Å². The van der Waals surface area contributed by atoms with Crippen LogP contribution in [-0.2, 0) is 6.61 Å². The molecule has 0 aliphatic carbocycles. The zero-order chi connectivity index (χ0) is 20.8. The SMILES string of the molecule is COc1ccc(COc2ccc(NC(=O)c3ccncc3)cc2-n2cnnn2)cc1. The van der Waals surface area contributed by atoms with Gasteiger partial charge in [0.15, 0.2) is 0 Å². The van der Waals surface area contributed by atoms with Gasteiger partial charge in [0.1, 0.15) is 30.1 Å². The van der Waals surface area contributed by atoms with Gasteiger partial charge < -0.3 is 14.8 Å². The lowest BCUT2D eigenvalue weighted by Gasteiger charge is -2.13. The molecule has 0 saturated carbocycles. The average molecular weight is 402 g/mol. The first kappa shape index (κ1) is 19.1.